The SMILES string of the molecule is COc1cc(OC)cc(-c2nn(C(C)(C)C)c3c2CNCC3)c1. The number of fused-ring (bicyclic) bond motifs is 1. The smallest absolute Gasteiger partial charge is 0.123 e. The highest BCUT2D eigenvalue weighted by Crippen LogP contribution is 2.35. The first-order chi connectivity index (χ1) is 10.9. The molecule has 1 aliphatic rings. The van der Waals surface area contributed by atoms with Crippen LogP contribution in [0.5, 0.6) is 11.5 Å². The zero-order chi connectivity index (χ0) is 16.6. The van der Waals surface area contributed by atoms with Gasteiger partial charge in [0.25, 0.3) is 0 Å². The van der Waals surface area contributed by atoms with Crippen LogP contribution in [-0.2, 0) is 18.5 Å². The molecule has 0 saturated heterocycles. The van der Waals surface area contributed by atoms with Crippen molar-refractivity contribution in [3.63, 3.8) is 0 Å². The minimum atomic E-state index is -0.0391. The maximum absolute atomic E-state index is 5.41. The second-order valence-corrected chi connectivity index (χ2v) is 6.88. The Balaban J connectivity index is 2.19. The van der Waals surface area contributed by atoms with E-state index >= 15 is 0 Å². The number of rotatable bonds is 3. The van der Waals surface area contributed by atoms with Crippen LogP contribution in [0.15, 0.2) is 18.2 Å². The van der Waals surface area contributed by atoms with Crippen molar-refractivity contribution in [2.75, 3.05) is 20.8 Å². The van der Waals surface area contributed by atoms with Crippen molar-refractivity contribution in [3.8, 4) is 22.8 Å². The largest absolute Gasteiger partial charge is 0.497 e. The lowest BCUT2D eigenvalue weighted by Crippen LogP contribution is -2.30. The van der Waals surface area contributed by atoms with Crippen LogP contribution in [0.1, 0.15) is 32.0 Å². The van der Waals surface area contributed by atoms with Crippen LogP contribution in [0, 0.1) is 0 Å². The van der Waals surface area contributed by atoms with E-state index in [-0.39, 0.29) is 5.54 Å². The molecule has 124 valence electrons. The molecule has 5 nitrogen and oxygen atoms in total. The molecule has 1 aromatic heterocycles. The van der Waals surface area contributed by atoms with Crippen LogP contribution in [0.4, 0.5) is 0 Å². The molecule has 3 rings (SSSR count). The van der Waals surface area contributed by atoms with Gasteiger partial charge < -0.3 is 14.8 Å². The van der Waals surface area contributed by atoms with Gasteiger partial charge >= 0.3 is 0 Å². The fourth-order valence-electron chi connectivity index (χ4n) is 3.08. The Labute approximate surface area is 137 Å². The van der Waals surface area contributed by atoms with Gasteiger partial charge in [-0.25, -0.2) is 0 Å². The molecule has 0 unspecified atom stereocenters. The molecule has 0 saturated carbocycles. The number of aromatic nitrogens is 2. The minimum Gasteiger partial charge on any atom is -0.497 e. The number of methoxy groups -OCH3 is 2. The molecule has 23 heavy (non-hydrogen) atoms. The van der Waals surface area contributed by atoms with Gasteiger partial charge in [0, 0.05) is 42.4 Å². The lowest BCUT2D eigenvalue weighted by molar-refractivity contribution is 0.340. The zero-order valence-corrected chi connectivity index (χ0v) is 14.6. The van der Waals surface area contributed by atoms with Crippen LogP contribution in [-0.4, -0.2) is 30.5 Å². The summed E-state index contributed by atoms with van der Waals surface area (Å²) in [6, 6.07) is 5.93. The van der Waals surface area contributed by atoms with Crippen molar-refractivity contribution in [3.05, 3.63) is 29.5 Å². The number of benzene rings is 1. The highest BCUT2D eigenvalue weighted by molar-refractivity contribution is 5.68. The zero-order valence-electron chi connectivity index (χ0n) is 14.6. The first-order valence-electron chi connectivity index (χ1n) is 7.99. The molecule has 0 spiro atoms. The minimum absolute atomic E-state index is 0.0391. The third-order valence-corrected chi connectivity index (χ3v) is 4.19. The molecule has 0 atom stereocenters. The molecular formula is C18H25N3O2. The number of nitrogens with one attached hydrogen (secondary N) is 1. The normalized spacial score (nSPS) is 14.5. The van der Waals surface area contributed by atoms with E-state index in [0.29, 0.717) is 0 Å². The summed E-state index contributed by atoms with van der Waals surface area (Å²) in [6.45, 7) is 8.42. The fraction of sp³-hybridized carbons (Fsp3) is 0.500. The standard InChI is InChI=1S/C18H25N3O2/c1-18(2,3)21-16-6-7-19-11-15(16)17(20-21)12-8-13(22-4)10-14(9-12)23-5/h8-10,19H,6-7,11H2,1-5H3. The summed E-state index contributed by atoms with van der Waals surface area (Å²) in [5.74, 6) is 1.56. The molecule has 2 heterocycles. The molecule has 1 aliphatic heterocycles. The topological polar surface area (TPSA) is 48.3 Å². The summed E-state index contributed by atoms with van der Waals surface area (Å²) >= 11 is 0. The molecule has 0 bridgehead atoms. The Morgan fingerprint density at radius 1 is 1.09 bits per heavy atom. The van der Waals surface area contributed by atoms with Gasteiger partial charge in [0.1, 0.15) is 11.5 Å². The molecule has 2 aromatic rings. The third-order valence-electron chi connectivity index (χ3n) is 4.19. The third kappa shape index (κ3) is 2.93. The predicted octanol–water partition coefficient (Wildman–Crippen LogP) is 2.97. The van der Waals surface area contributed by atoms with Gasteiger partial charge in [-0.15, -0.1) is 0 Å². The Hall–Kier alpha value is -2.01. The van der Waals surface area contributed by atoms with Crippen molar-refractivity contribution >= 4 is 0 Å². The maximum Gasteiger partial charge on any atom is 0.123 e. The predicted molar refractivity (Wildman–Crippen MR) is 91.2 cm³/mol. The Bertz CT molecular complexity index is 692. The van der Waals surface area contributed by atoms with Gasteiger partial charge in [0.05, 0.1) is 25.5 Å². The maximum atomic E-state index is 5.41. The Morgan fingerprint density at radius 2 is 1.74 bits per heavy atom. The second kappa shape index (κ2) is 5.89. The van der Waals surface area contributed by atoms with Gasteiger partial charge in [-0.05, 0) is 32.9 Å². The van der Waals surface area contributed by atoms with E-state index in [4.69, 9.17) is 14.6 Å². The monoisotopic (exact) mass is 315 g/mol. The van der Waals surface area contributed by atoms with E-state index in [2.05, 4.69) is 30.8 Å². The first kappa shape index (κ1) is 15.9. The number of nitrogens with zero attached hydrogens (tertiary/aromatic N) is 2. The lowest BCUT2D eigenvalue weighted by Gasteiger charge is -2.24. The molecule has 5 heteroatoms. The van der Waals surface area contributed by atoms with E-state index in [1.807, 2.05) is 18.2 Å². The van der Waals surface area contributed by atoms with Crippen LogP contribution in [0.3, 0.4) is 0 Å². The summed E-state index contributed by atoms with van der Waals surface area (Å²) in [5, 5.41) is 8.41. The highest BCUT2D eigenvalue weighted by atomic mass is 16.5. The molecule has 0 radical (unpaired) electrons. The van der Waals surface area contributed by atoms with Gasteiger partial charge in [-0.3, -0.25) is 4.68 Å². The van der Waals surface area contributed by atoms with Crippen molar-refractivity contribution in [1.29, 1.82) is 0 Å². The van der Waals surface area contributed by atoms with E-state index in [9.17, 15) is 0 Å². The van der Waals surface area contributed by atoms with Crippen molar-refractivity contribution in [2.24, 2.45) is 0 Å². The van der Waals surface area contributed by atoms with Gasteiger partial charge in [-0.2, -0.15) is 5.10 Å². The number of hydrogen-bond donors (Lipinski definition) is 1. The quantitative estimate of drug-likeness (QED) is 0.946. The van der Waals surface area contributed by atoms with Crippen molar-refractivity contribution in [1.82, 2.24) is 15.1 Å². The van der Waals surface area contributed by atoms with Crippen molar-refractivity contribution < 1.29 is 9.47 Å². The first-order valence-corrected chi connectivity index (χ1v) is 7.99. The number of ether oxygens (including phenoxy) is 2. The van der Waals surface area contributed by atoms with E-state index < -0.39 is 0 Å². The molecule has 0 amide bonds. The van der Waals surface area contributed by atoms with Gasteiger partial charge in [0.2, 0.25) is 0 Å². The summed E-state index contributed by atoms with van der Waals surface area (Å²) in [4.78, 5) is 0. The van der Waals surface area contributed by atoms with E-state index in [1.54, 1.807) is 14.2 Å². The average Bonchev–Trinajstić information content (AvgIpc) is 2.94. The summed E-state index contributed by atoms with van der Waals surface area (Å²) in [7, 11) is 3.34. The molecule has 1 aromatic carbocycles. The van der Waals surface area contributed by atoms with Crippen LogP contribution < -0.4 is 14.8 Å². The second-order valence-electron chi connectivity index (χ2n) is 6.88. The van der Waals surface area contributed by atoms with Crippen molar-refractivity contribution in [2.45, 2.75) is 39.3 Å². The summed E-state index contributed by atoms with van der Waals surface area (Å²) < 4.78 is 13.0. The Kier molecular flexibility index (Phi) is 4.06. The van der Waals surface area contributed by atoms with Crippen LogP contribution in [0.2, 0.25) is 0 Å². The molecule has 0 aliphatic carbocycles. The van der Waals surface area contributed by atoms with E-state index in [1.165, 1.54) is 11.3 Å². The molecule has 1 N–H and O–H groups in total. The van der Waals surface area contributed by atoms with E-state index in [0.717, 1.165) is 42.3 Å². The van der Waals surface area contributed by atoms with Gasteiger partial charge in [0.15, 0.2) is 0 Å². The average molecular weight is 315 g/mol. The summed E-state index contributed by atoms with van der Waals surface area (Å²) in [6.07, 6.45) is 1.00. The number of hydrogen-bond acceptors (Lipinski definition) is 4. The van der Waals surface area contributed by atoms with Crippen LogP contribution in [0.25, 0.3) is 11.3 Å². The lowest BCUT2D eigenvalue weighted by atomic mass is 10.0. The molecular weight excluding hydrogens is 290 g/mol. The van der Waals surface area contributed by atoms with Gasteiger partial charge in [-0.1, -0.05) is 0 Å². The summed E-state index contributed by atoms with van der Waals surface area (Å²) in [5.41, 5.74) is 4.61. The molecule has 0 fully saturated rings. The van der Waals surface area contributed by atoms with Crippen LogP contribution >= 0.6 is 0 Å². The fourth-order valence-corrected chi connectivity index (χ4v) is 3.08. The highest BCUT2D eigenvalue weighted by Gasteiger charge is 2.27. The Morgan fingerprint density at radius 3 is 2.30 bits per heavy atom.